The van der Waals surface area contributed by atoms with Crippen molar-refractivity contribution >= 4 is 23.3 Å². The quantitative estimate of drug-likeness (QED) is 0.836. The van der Waals surface area contributed by atoms with Crippen LogP contribution in [0.15, 0.2) is 36.0 Å². The van der Waals surface area contributed by atoms with Crippen LogP contribution in [0.5, 0.6) is 0 Å². The van der Waals surface area contributed by atoms with Gasteiger partial charge in [0.05, 0.1) is 10.7 Å². The maximum atomic E-state index is 11.8. The summed E-state index contributed by atoms with van der Waals surface area (Å²) in [6.07, 6.45) is 6.86. The first-order valence-corrected chi connectivity index (χ1v) is 7.03. The van der Waals surface area contributed by atoms with Crippen molar-refractivity contribution in [2.45, 2.75) is 32.6 Å². The molecular weight excluding hydrogens is 260 g/mol. The van der Waals surface area contributed by atoms with Gasteiger partial charge in [0.15, 0.2) is 0 Å². The van der Waals surface area contributed by atoms with E-state index in [0.29, 0.717) is 16.6 Å². The lowest BCUT2D eigenvalue weighted by Gasteiger charge is -2.11. The molecule has 0 saturated heterocycles. The van der Waals surface area contributed by atoms with Crippen LogP contribution >= 0.6 is 11.6 Å². The number of benzene rings is 1. The number of allylic oxidation sites excluding steroid dienone is 1. The Morgan fingerprint density at radius 1 is 1.32 bits per heavy atom. The van der Waals surface area contributed by atoms with E-state index in [9.17, 15) is 4.79 Å². The van der Waals surface area contributed by atoms with Gasteiger partial charge in [-0.25, -0.2) is 4.79 Å². The number of hydrogen-bond acceptors (Lipinski definition) is 1. The predicted molar refractivity (Wildman–Crippen MR) is 79.3 cm³/mol. The first kappa shape index (κ1) is 13.9. The SMILES string of the molecule is C/C(=C\NC(=O)Nc1ccccc1Cl)C1CCCC1. The third-order valence-corrected chi connectivity index (χ3v) is 3.88. The highest BCUT2D eigenvalue weighted by molar-refractivity contribution is 6.33. The normalized spacial score (nSPS) is 16.4. The second-order valence-electron chi connectivity index (χ2n) is 4.95. The third kappa shape index (κ3) is 4.00. The molecule has 0 spiro atoms. The molecule has 1 aromatic carbocycles. The smallest absolute Gasteiger partial charge is 0.314 e. The van der Waals surface area contributed by atoms with E-state index in [-0.39, 0.29) is 6.03 Å². The molecule has 0 radical (unpaired) electrons. The van der Waals surface area contributed by atoms with Crippen LogP contribution in [0.1, 0.15) is 32.6 Å². The highest BCUT2D eigenvalue weighted by Crippen LogP contribution is 2.30. The molecule has 1 fully saturated rings. The fourth-order valence-electron chi connectivity index (χ4n) is 2.40. The number of carbonyl (C=O) groups excluding carboxylic acids is 1. The van der Waals surface area contributed by atoms with E-state index in [1.165, 1.54) is 31.3 Å². The zero-order chi connectivity index (χ0) is 13.7. The Balaban J connectivity index is 1.87. The molecule has 2 rings (SSSR count). The number of urea groups is 1. The molecule has 1 aliphatic carbocycles. The number of carbonyl (C=O) groups is 1. The summed E-state index contributed by atoms with van der Waals surface area (Å²) in [6, 6.07) is 6.92. The standard InChI is InChI=1S/C15H19ClN2O/c1-11(12-6-2-3-7-12)10-17-15(19)18-14-9-5-4-8-13(14)16/h4-5,8-10,12H,2-3,6-7H2,1H3,(H2,17,18,19)/b11-10+. The minimum atomic E-state index is -0.259. The van der Waals surface area contributed by atoms with Crippen LogP contribution in [0.3, 0.4) is 0 Å². The van der Waals surface area contributed by atoms with E-state index in [1.807, 2.05) is 18.3 Å². The highest BCUT2D eigenvalue weighted by Gasteiger charge is 2.16. The average molecular weight is 279 g/mol. The van der Waals surface area contributed by atoms with Crippen LogP contribution in [0.2, 0.25) is 5.02 Å². The predicted octanol–water partition coefficient (Wildman–Crippen LogP) is 4.56. The molecule has 0 heterocycles. The lowest BCUT2D eigenvalue weighted by molar-refractivity contribution is 0.255. The monoisotopic (exact) mass is 278 g/mol. The van der Waals surface area contributed by atoms with Gasteiger partial charge in [0.25, 0.3) is 0 Å². The van der Waals surface area contributed by atoms with Crippen molar-refractivity contribution in [2.24, 2.45) is 5.92 Å². The van der Waals surface area contributed by atoms with Gasteiger partial charge in [0, 0.05) is 6.20 Å². The molecule has 0 aliphatic heterocycles. The van der Waals surface area contributed by atoms with Gasteiger partial charge in [-0.1, -0.05) is 42.1 Å². The highest BCUT2D eigenvalue weighted by atomic mass is 35.5. The van der Waals surface area contributed by atoms with E-state index in [0.717, 1.165) is 0 Å². The number of amides is 2. The van der Waals surface area contributed by atoms with E-state index in [2.05, 4.69) is 17.6 Å². The van der Waals surface area contributed by atoms with E-state index < -0.39 is 0 Å². The fourth-order valence-corrected chi connectivity index (χ4v) is 2.58. The van der Waals surface area contributed by atoms with Crippen LogP contribution < -0.4 is 10.6 Å². The summed E-state index contributed by atoms with van der Waals surface area (Å²) in [6.45, 7) is 2.08. The molecule has 4 heteroatoms. The number of halogens is 1. The number of hydrogen-bond donors (Lipinski definition) is 2. The molecule has 0 aromatic heterocycles. The summed E-state index contributed by atoms with van der Waals surface area (Å²) in [5, 5.41) is 6.03. The van der Waals surface area contributed by atoms with Gasteiger partial charge in [0.1, 0.15) is 0 Å². The maximum Gasteiger partial charge on any atom is 0.323 e. The Morgan fingerprint density at radius 3 is 2.68 bits per heavy atom. The molecule has 102 valence electrons. The first-order valence-electron chi connectivity index (χ1n) is 6.65. The lowest BCUT2D eigenvalue weighted by atomic mass is 10.0. The van der Waals surface area contributed by atoms with Gasteiger partial charge in [-0.3, -0.25) is 0 Å². The zero-order valence-electron chi connectivity index (χ0n) is 11.1. The molecule has 2 amide bonds. The van der Waals surface area contributed by atoms with Crippen LogP contribution in [0.25, 0.3) is 0 Å². The van der Waals surface area contributed by atoms with E-state index in [4.69, 9.17) is 11.6 Å². The van der Waals surface area contributed by atoms with Crippen LogP contribution in [0, 0.1) is 5.92 Å². The van der Waals surface area contributed by atoms with Crippen molar-refractivity contribution in [1.82, 2.24) is 5.32 Å². The minimum Gasteiger partial charge on any atom is -0.314 e. The molecule has 0 unspecified atom stereocenters. The topological polar surface area (TPSA) is 41.1 Å². The zero-order valence-corrected chi connectivity index (χ0v) is 11.8. The van der Waals surface area contributed by atoms with Crippen LogP contribution in [-0.4, -0.2) is 6.03 Å². The van der Waals surface area contributed by atoms with E-state index in [1.54, 1.807) is 12.1 Å². The molecular formula is C15H19ClN2O. The molecule has 0 atom stereocenters. The molecule has 19 heavy (non-hydrogen) atoms. The Labute approximate surface area is 119 Å². The average Bonchev–Trinajstić information content (AvgIpc) is 2.93. The maximum absolute atomic E-state index is 11.8. The summed E-state index contributed by atoms with van der Waals surface area (Å²) in [5.41, 5.74) is 1.86. The van der Waals surface area contributed by atoms with Crippen molar-refractivity contribution in [3.05, 3.63) is 41.1 Å². The molecule has 1 saturated carbocycles. The molecule has 3 nitrogen and oxygen atoms in total. The number of rotatable bonds is 3. The fraction of sp³-hybridized carbons (Fsp3) is 0.400. The molecule has 1 aliphatic rings. The Kier molecular flexibility index (Phi) is 4.86. The Morgan fingerprint density at radius 2 is 2.00 bits per heavy atom. The molecule has 2 N–H and O–H groups in total. The van der Waals surface area contributed by atoms with Gasteiger partial charge in [-0.15, -0.1) is 0 Å². The van der Waals surface area contributed by atoms with Gasteiger partial charge >= 0.3 is 6.03 Å². The number of anilines is 1. The summed E-state index contributed by atoms with van der Waals surface area (Å²) < 4.78 is 0. The second kappa shape index (κ2) is 6.62. The van der Waals surface area contributed by atoms with Gasteiger partial charge in [-0.2, -0.15) is 0 Å². The summed E-state index contributed by atoms with van der Waals surface area (Å²) in [5.74, 6) is 0.626. The second-order valence-corrected chi connectivity index (χ2v) is 5.36. The van der Waals surface area contributed by atoms with Crippen LogP contribution in [0.4, 0.5) is 10.5 Å². The van der Waals surface area contributed by atoms with E-state index >= 15 is 0 Å². The van der Waals surface area contributed by atoms with Crippen molar-refractivity contribution in [2.75, 3.05) is 5.32 Å². The van der Waals surface area contributed by atoms with Crippen molar-refractivity contribution in [3.63, 3.8) is 0 Å². The molecule has 0 bridgehead atoms. The molecule has 1 aromatic rings. The van der Waals surface area contributed by atoms with Crippen molar-refractivity contribution in [3.8, 4) is 0 Å². The summed E-state index contributed by atoms with van der Waals surface area (Å²) in [7, 11) is 0. The van der Waals surface area contributed by atoms with Gasteiger partial charge in [0.2, 0.25) is 0 Å². The van der Waals surface area contributed by atoms with Gasteiger partial charge < -0.3 is 10.6 Å². The third-order valence-electron chi connectivity index (χ3n) is 3.55. The largest absolute Gasteiger partial charge is 0.323 e. The van der Waals surface area contributed by atoms with Crippen molar-refractivity contribution in [1.29, 1.82) is 0 Å². The van der Waals surface area contributed by atoms with Crippen molar-refractivity contribution < 1.29 is 4.79 Å². The van der Waals surface area contributed by atoms with Crippen LogP contribution in [-0.2, 0) is 0 Å². The Hall–Kier alpha value is -1.48. The first-order chi connectivity index (χ1) is 9.16. The minimum absolute atomic E-state index is 0.259. The number of nitrogens with one attached hydrogen (secondary N) is 2. The number of para-hydroxylation sites is 1. The van der Waals surface area contributed by atoms with Gasteiger partial charge in [-0.05, 0) is 37.8 Å². The Bertz CT molecular complexity index is 479. The summed E-state index contributed by atoms with van der Waals surface area (Å²) in [4.78, 5) is 11.8. The summed E-state index contributed by atoms with van der Waals surface area (Å²) >= 11 is 5.98. The lowest BCUT2D eigenvalue weighted by Crippen LogP contribution is -2.24.